The minimum atomic E-state index is -0.0302. The van der Waals surface area contributed by atoms with E-state index >= 15 is 0 Å². The van der Waals surface area contributed by atoms with Crippen molar-refractivity contribution in [3.05, 3.63) is 28.7 Å². The SMILES string of the molecule is CCN(CCCO)CCn1cc(N)ccc1=O. The first-order valence-corrected chi connectivity index (χ1v) is 5.96. The van der Waals surface area contributed by atoms with Gasteiger partial charge in [-0.05, 0) is 19.0 Å². The molecule has 0 saturated carbocycles. The van der Waals surface area contributed by atoms with Crippen molar-refractivity contribution in [3.8, 4) is 0 Å². The van der Waals surface area contributed by atoms with Gasteiger partial charge in [-0.3, -0.25) is 4.79 Å². The van der Waals surface area contributed by atoms with Crippen LogP contribution in [0.1, 0.15) is 13.3 Å². The summed E-state index contributed by atoms with van der Waals surface area (Å²) in [7, 11) is 0. The van der Waals surface area contributed by atoms with Gasteiger partial charge in [0.15, 0.2) is 0 Å². The second-order valence-corrected chi connectivity index (χ2v) is 4.01. The monoisotopic (exact) mass is 239 g/mol. The predicted molar refractivity (Wildman–Crippen MR) is 68.9 cm³/mol. The number of rotatable bonds is 7. The predicted octanol–water partition coefficient (Wildman–Crippen LogP) is 0.135. The number of aliphatic hydroxyl groups is 1. The molecule has 1 aromatic heterocycles. The highest BCUT2D eigenvalue weighted by Gasteiger charge is 2.03. The second-order valence-electron chi connectivity index (χ2n) is 4.01. The fourth-order valence-electron chi connectivity index (χ4n) is 1.70. The third-order valence-electron chi connectivity index (χ3n) is 2.74. The molecule has 0 atom stereocenters. The number of nitrogens with two attached hydrogens (primary N) is 1. The van der Waals surface area contributed by atoms with Gasteiger partial charge < -0.3 is 20.3 Å². The van der Waals surface area contributed by atoms with E-state index in [9.17, 15) is 4.79 Å². The van der Waals surface area contributed by atoms with Crippen molar-refractivity contribution in [2.24, 2.45) is 0 Å². The number of anilines is 1. The molecule has 3 N–H and O–H groups in total. The number of hydrogen-bond acceptors (Lipinski definition) is 4. The minimum absolute atomic E-state index is 0.0302. The summed E-state index contributed by atoms with van der Waals surface area (Å²) in [5, 5.41) is 8.78. The highest BCUT2D eigenvalue weighted by atomic mass is 16.3. The lowest BCUT2D eigenvalue weighted by Gasteiger charge is -2.20. The van der Waals surface area contributed by atoms with Gasteiger partial charge in [0, 0.05) is 44.2 Å². The highest BCUT2D eigenvalue weighted by molar-refractivity contribution is 5.33. The summed E-state index contributed by atoms with van der Waals surface area (Å²) in [6.07, 6.45) is 2.43. The lowest BCUT2D eigenvalue weighted by molar-refractivity contribution is 0.224. The Balaban J connectivity index is 2.53. The van der Waals surface area contributed by atoms with E-state index in [0.29, 0.717) is 12.2 Å². The number of aromatic nitrogens is 1. The molecule has 0 aliphatic carbocycles. The molecule has 0 saturated heterocycles. The summed E-state index contributed by atoms with van der Waals surface area (Å²) in [4.78, 5) is 13.7. The summed E-state index contributed by atoms with van der Waals surface area (Å²) in [5.74, 6) is 0. The van der Waals surface area contributed by atoms with Crippen molar-refractivity contribution in [2.45, 2.75) is 19.9 Å². The van der Waals surface area contributed by atoms with Gasteiger partial charge >= 0.3 is 0 Å². The summed E-state index contributed by atoms with van der Waals surface area (Å²) >= 11 is 0. The van der Waals surface area contributed by atoms with Gasteiger partial charge in [0.1, 0.15) is 0 Å². The average Bonchev–Trinajstić information content (AvgIpc) is 2.33. The molecular formula is C12H21N3O2. The molecule has 0 aliphatic heterocycles. The summed E-state index contributed by atoms with van der Waals surface area (Å²) in [6, 6.07) is 3.10. The lowest BCUT2D eigenvalue weighted by Crippen LogP contribution is -2.31. The van der Waals surface area contributed by atoms with Gasteiger partial charge in [0.2, 0.25) is 0 Å². The first-order valence-electron chi connectivity index (χ1n) is 5.96. The average molecular weight is 239 g/mol. The quantitative estimate of drug-likeness (QED) is 0.709. The Bertz CT molecular complexity index is 390. The van der Waals surface area contributed by atoms with Crippen molar-refractivity contribution in [1.29, 1.82) is 0 Å². The smallest absolute Gasteiger partial charge is 0.250 e. The first-order chi connectivity index (χ1) is 8.17. The van der Waals surface area contributed by atoms with E-state index in [-0.39, 0.29) is 12.2 Å². The summed E-state index contributed by atoms with van der Waals surface area (Å²) < 4.78 is 1.62. The molecule has 0 radical (unpaired) electrons. The third-order valence-corrected chi connectivity index (χ3v) is 2.74. The normalized spacial score (nSPS) is 11.0. The third kappa shape index (κ3) is 4.58. The minimum Gasteiger partial charge on any atom is -0.398 e. The topological polar surface area (TPSA) is 71.5 Å². The van der Waals surface area contributed by atoms with Gasteiger partial charge in [-0.1, -0.05) is 6.92 Å². The van der Waals surface area contributed by atoms with Crippen LogP contribution in [-0.4, -0.2) is 40.8 Å². The van der Waals surface area contributed by atoms with Gasteiger partial charge in [0.05, 0.1) is 0 Å². The van der Waals surface area contributed by atoms with E-state index in [1.807, 2.05) is 0 Å². The van der Waals surface area contributed by atoms with Crippen LogP contribution in [0.15, 0.2) is 23.1 Å². The molecule has 0 fully saturated rings. The van der Waals surface area contributed by atoms with Gasteiger partial charge in [-0.2, -0.15) is 0 Å². The van der Waals surface area contributed by atoms with E-state index < -0.39 is 0 Å². The molecule has 1 rings (SSSR count). The van der Waals surface area contributed by atoms with Crippen LogP contribution in [0.4, 0.5) is 5.69 Å². The number of nitrogens with zero attached hydrogens (tertiary/aromatic N) is 2. The van der Waals surface area contributed by atoms with Gasteiger partial charge in [0.25, 0.3) is 5.56 Å². The summed E-state index contributed by atoms with van der Waals surface area (Å²) in [6.45, 7) is 5.46. The van der Waals surface area contributed by atoms with Crippen molar-refractivity contribution >= 4 is 5.69 Å². The van der Waals surface area contributed by atoms with Crippen LogP contribution in [0.25, 0.3) is 0 Å². The van der Waals surface area contributed by atoms with Crippen molar-refractivity contribution in [2.75, 3.05) is 32.0 Å². The molecule has 0 amide bonds. The second kappa shape index (κ2) is 7.09. The zero-order valence-corrected chi connectivity index (χ0v) is 10.3. The molecular weight excluding hydrogens is 218 g/mol. The number of pyridine rings is 1. The van der Waals surface area contributed by atoms with Crippen molar-refractivity contribution in [1.82, 2.24) is 9.47 Å². The maximum atomic E-state index is 11.5. The van der Waals surface area contributed by atoms with Crippen LogP contribution >= 0.6 is 0 Å². The van der Waals surface area contributed by atoms with Gasteiger partial charge in [-0.25, -0.2) is 0 Å². The maximum Gasteiger partial charge on any atom is 0.250 e. The molecule has 0 aliphatic rings. The molecule has 17 heavy (non-hydrogen) atoms. The van der Waals surface area contributed by atoms with Crippen molar-refractivity contribution in [3.63, 3.8) is 0 Å². The van der Waals surface area contributed by atoms with E-state index in [1.54, 1.807) is 16.8 Å². The van der Waals surface area contributed by atoms with Crippen LogP contribution in [0.5, 0.6) is 0 Å². The molecule has 1 aromatic rings. The van der Waals surface area contributed by atoms with Crippen molar-refractivity contribution < 1.29 is 5.11 Å². The molecule has 1 heterocycles. The van der Waals surface area contributed by atoms with Crippen LogP contribution in [0.2, 0.25) is 0 Å². The fourth-order valence-corrected chi connectivity index (χ4v) is 1.70. The number of aliphatic hydroxyl groups excluding tert-OH is 1. The molecule has 0 unspecified atom stereocenters. The van der Waals surface area contributed by atoms with Crippen LogP contribution in [-0.2, 0) is 6.54 Å². The zero-order chi connectivity index (χ0) is 12.7. The van der Waals surface area contributed by atoms with Crippen LogP contribution in [0.3, 0.4) is 0 Å². The highest BCUT2D eigenvalue weighted by Crippen LogP contribution is 1.97. The Kier molecular flexibility index (Phi) is 5.72. The van der Waals surface area contributed by atoms with Crippen LogP contribution < -0.4 is 11.3 Å². The first kappa shape index (κ1) is 13.7. The van der Waals surface area contributed by atoms with Gasteiger partial charge in [-0.15, -0.1) is 0 Å². The molecule has 5 nitrogen and oxygen atoms in total. The summed E-state index contributed by atoms with van der Waals surface area (Å²) in [5.41, 5.74) is 6.21. The standard InChI is InChI=1S/C12H21N3O2/c1-2-14(6-3-9-16)7-8-15-10-11(13)4-5-12(15)17/h4-5,10,16H,2-3,6-9,13H2,1H3. The Morgan fingerprint density at radius 2 is 2.18 bits per heavy atom. The number of likely N-dealkylation sites (N-methyl/N-ethyl adjacent to an activating group) is 1. The Morgan fingerprint density at radius 3 is 2.82 bits per heavy atom. The Morgan fingerprint density at radius 1 is 1.41 bits per heavy atom. The van der Waals surface area contributed by atoms with E-state index in [1.165, 1.54) is 6.07 Å². The van der Waals surface area contributed by atoms with Crippen LogP contribution in [0, 0.1) is 0 Å². The largest absolute Gasteiger partial charge is 0.398 e. The number of nitrogen functional groups attached to an aromatic ring is 1. The van der Waals surface area contributed by atoms with E-state index in [4.69, 9.17) is 10.8 Å². The number of hydrogen-bond donors (Lipinski definition) is 2. The molecule has 0 aromatic carbocycles. The lowest BCUT2D eigenvalue weighted by atomic mass is 10.3. The Hall–Kier alpha value is -1.33. The molecule has 0 spiro atoms. The molecule has 96 valence electrons. The zero-order valence-electron chi connectivity index (χ0n) is 10.3. The molecule has 5 heteroatoms. The fraction of sp³-hybridized carbons (Fsp3) is 0.583. The molecule has 0 bridgehead atoms. The Labute approximate surface area is 101 Å². The van der Waals surface area contributed by atoms with E-state index in [2.05, 4.69) is 11.8 Å². The van der Waals surface area contributed by atoms with E-state index in [0.717, 1.165) is 26.1 Å². The maximum absolute atomic E-state index is 11.5.